The average molecular weight is 313 g/mol. The highest BCUT2D eigenvalue weighted by Crippen LogP contribution is 2.28. The maximum Gasteiger partial charge on any atom is 0.242 e. The highest BCUT2D eigenvalue weighted by atomic mass is 32.2. The molecule has 1 fully saturated rings. The quantitative estimate of drug-likeness (QED) is 0.641. The van der Waals surface area contributed by atoms with Crippen molar-refractivity contribution in [3.63, 3.8) is 0 Å². The van der Waals surface area contributed by atoms with E-state index in [0.29, 0.717) is 18.3 Å². The van der Waals surface area contributed by atoms with Gasteiger partial charge in [-0.05, 0) is 37.3 Å². The predicted molar refractivity (Wildman–Crippen MR) is 81.7 cm³/mol. The molecule has 0 unspecified atom stereocenters. The van der Waals surface area contributed by atoms with Crippen LogP contribution >= 0.6 is 0 Å². The summed E-state index contributed by atoms with van der Waals surface area (Å²) < 4.78 is 32.0. The van der Waals surface area contributed by atoms with Gasteiger partial charge in [0.1, 0.15) is 10.7 Å². The Morgan fingerprint density at radius 1 is 1.33 bits per heavy atom. The summed E-state index contributed by atoms with van der Waals surface area (Å²) in [7, 11) is -3.50. The van der Waals surface area contributed by atoms with Crippen LogP contribution in [0.15, 0.2) is 23.2 Å². The first-order valence-corrected chi connectivity index (χ1v) is 8.87. The highest BCUT2D eigenvalue weighted by Gasteiger charge is 2.21. The second-order valence-electron chi connectivity index (χ2n) is 5.22. The minimum Gasteiger partial charge on any atom is -0.380 e. The molecule has 0 aliphatic heterocycles. The third-order valence-electron chi connectivity index (χ3n) is 3.19. The molecule has 1 aromatic rings. The molecule has 2 rings (SSSR count). The summed E-state index contributed by atoms with van der Waals surface area (Å²) in [6.07, 6.45) is 4.82. The minimum atomic E-state index is -3.50. The maximum absolute atomic E-state index is 12.0. The molecule has 118 valence electrons. The molecule has 1 aliphatic rings. The van der Waals surface area contributed by atoms with Crippen LogP contribution in [-0.2, 0) is 14.8 Å². The van der Waals surface area contributed by atoms with Crippen molar-refractivity contribution in [3.8, 4) is 0 Å². The van der Waals surface area contributed by atoms with Crippen molar-refractivity contribution in [2.24, 2.45) is 5.92 Å². The molecular formula is C14H23N3O3S. The molecule has 1 aromatic heterocycles. The summed E-state index contributed by atoms with van der Waals surface area (Å²) in [5, 5.41) is 3.10. The van der Waals surface area contributed by atoms with Gasteiger partial charge in [0.05, 0.1) is 6.61 Å². The molecular weight excluding hydrogens is 290 g/mol. The molecule has 1 heterocycles. The zero-order valence-corrected chi connectivity index (χ0v) is 13.2. The van der Waals surface area contributed by atoms with Gasteiger partial charge in [0.25, 0.3) is 0 Å². The number of aromatic nitrogens is 1. The number of rotatable bonds is 10. The summed E-state index contributed by atoms with van der Waals surface area (Å²) in [6, 6.07) is 3.23. The van der Waals surface area contributed by atoms with Crippen molar-refractivity contribution in [2.45, 2.75) is 31.1 Å². The van der Waals surface area contributed by atoms with Crippen molar-refractivity contribution in [1.29, 1.82) is 0 Å². The van der Waals surface area contributed by atoms with Crippen molar-refractivity contribution < 1.29 is 13.2 Å². The molecule has 2 N–H and O–H groups in total. The van der Waals surface area contributed by atoms with E-state index in [0.717, 1.165) is 19.6 Å². The fourth-order valence-corrected chi connectivity index (χ4v) is 2.72. The largest absolute Gasteiger partial charge is 0.380 e. The Morgan fingerprint density at radius 2 is 2.14 bits per heavy atom. The molecule has 21 heavy (non-hydrogen) atoms. The summed E-state index contributed by atoms with van der Waals surface area (Å²) in [6.45, 7) is 4.29. The van der Waals surface area contributed by atoms with Gasteiger partial charge in [-0.1, -0.05) is 6.92 Å². The molecule has 6 nitrogen and oxygen atoms in total. The number of pyridine rings is 1. The third-order valence-corrected chi connectivity index (χ3v) is 4.64. The number of nitrogens with zero attached hydrogens (tertiary/aromatic N) is 1. The zero-order chi connectivity index (χ0) is 15.1. The van der Waals surface area contributed by atoms with Crippen LogP contribution in [0.3, 0.4) is 0 Å². The van der Waals surface area contributed by atoms with Gasteiger partial charge in [-0.2, -0.15) is 0 Å². The summed E-state index contributed by atoms with van der Waals surface area (Å²) in [5.74, 6) is 1.37. The van der Waals surface area contributed by atoms with E-state index < -0.39 is 10.0 Å². The van der Waals surface area contributed by atoms with Crippen molar-refractivity contribution in [2.75, 3.05) is 31.6 Å². The Morgan fingerprint density at radius 3 is 2.76 bits per heavy atom. The Bertz CT molecular complexity index is 527. The van der Waals surface area contributed by atoms with Crippen molar-refractivity contribution in [1.82, 2.24) is 9.71 Å². The van der Waals surface area contributed by atoms with Crippen LogP contribution < -0.4 is 10.0 Å². The van der Waals surface area contributed by atoms with Gasteiger partial charge in [0.2, 0.25) is 10.0 Å². The van der Waals surface area contributed by atoms with Crippen LogP contribution in [0.2, 0.25) is 0 Å². The molecule has 0 amide bonds. The van der Waals surface area contributed by atoms with E-state index in [1.54, 1.807) is 12.1 Å². The number of hydrogen-bond acceptors (Lipinski definition) is 5. The molecule has 0 radical (unpaired) electrons. The van der Waals surface area contributed by atoms with Gasteiger partial charge in [0, 0.05) is 25.9 Å². The number of anilines is 1. The smallest absolute Gasteiger partial charge is 0.242 e. The molecule has 0 spiro atoms. The number of hydrogen-bond donors (Lipinski definition) is 2. The second-order valence-corrected chi connectivity index (χ2v) is 6.99. The van der Waals surface area contributed by atoms with E-state index in [1.165, 1.54) is 19.0 Å². The Hall–Kier alpha value is -1.18. The Balaban J connectivity index is 1.77. The summed E-state index contributed by atoms with van der Waals surface area (Å²) >= 11 is 0. The molecule has 7 heteroatoms. The molecule has 0 bridgehead atoms. The molecule has 1 aliphatic carbocycles. The average Bonchev–Trinajstić information content (AvgIpc) is 3.29. The second kappa shape index (κ2) is 7.72. The lowest BCUT2D eigenvalue weighted by molar-refractivity contribution is 0.129. The number of sulfonamides is 1. The topological polar surface area (TPSA) is 80.3 Å². The van der Waals surface area contributed by atoms with Crippen LogP contribution in [0.4, 0.5) is 5.82 Å². The lowest BCUT2D eigenvalue weighted by atomic mass is 10.4. The van der Waals surface area contributed by atoms with Gasteiger partial charge in [-0.15, -0.1) is 0 Å². The van der Waals surface area contributed by atoms with Crippen LogP contribution in [0, 0.1) is 5.92 Å². The minimum absolute atomic E-state index is 0.173. The zero-order valence-electron chi connectivity index (χ0n) is 12.3. The van der Waals surface area contributed by atoms with E-state index in [9.17, 15) is 8.42 Å². The van der Waals surface area contributed by atoms with Crippen LogP contribution in [0.1, 0.15) is 26.2 Å². The monoisotopic (exact) mass is 313 g/mol. The van der Waals surface area contributed by atoms with Crippen LogP contribution in [0.25, 0.3) is 0 Å². The lowest BCUT2D eigenvalue weighted by Gasteiger charge is -2.08. The van der Waals surface area contributed by atoms with Crippen molar-refractivity contribution >= 4 is 15.8 Å². The van der Waals surface area contributed by atoms with E-state index >= 15 is 0 Å². The molecule has 1 saturated carbocycles. The van der Waals surface area contributed by atoms with Crippen LogP contribution in [0.5, 0.6) is 0 Å². The van der Waals surface area contributed by atoms with E-state index in [1.807, 2.05) is 0 Å². The number of ether oxygens (including phenoxy) is 1. The summed E-state index contributed by atoms with van der Waals surface area (Å²) in [4.78, 5) is 4.27. The lowest BCUT2D eigenvalue weighted by Crippen LogP contribution is -2.27. The van der Waals surface area contributed by atoms with E-state index in [2.05, 4.69) is 21.9 Å². The van der Waals surface area contributed by atoms with E-state index in [4.69, 9.17) is 4.74 Å². The first kappa shape index (κ1) is 16.2. The molecule has 0 atom stereocenters. The fourth-order valence-electron chi connectivity index (χ4n) is 1.76. The Kier molecular flexibility index (Phi) is 5.96. The summed E-state index contributed by atoms with van der Waals surface area (Å²) in [5.41, 5.74) is 0. The normalized spacial score (nSPS) is 15.1. The van der Waals surface area contributed by atoms with Gasteiger partial charge in [-0.25, -0.2) is 18.1 Å². The fraction of sp³-hybridized carbons (Fsp3) is 0.643. The standard InChI is InChI=1S/C14H23N3O3S/c1-2-7-15-14-6-5-13(10-16-14)21(18,19)17-8-9-20-11-12-3-4-12/h5-6,10,12,17H,2-4,7-9,11H2,1H3,(H,15,16). The predicted octanol–water partition coefficient (Wildman–Crippen LogP) is 1.61. The molecule has 0 saturated heterocycles. The first-order chi connectivity index (χ1) is 10.1. The SMILES string of the molecule is CCCNc1ccc(S(=O)(=O)NCCOCC2CC2)cn1. The first-order valence-electron chi connectivity index (χ1n) is 7.39. The van der Waals surface area contributed by atoms with Crippen LogP contribution in [-0.4, -0.2) is 39.7 Å². The van der Waals surface area contributed by atoms with Gasteiger partial charge in [-0.3, -0.25) is 0 Å². The van der Waals surface area contributed by atoms with E-state index in [-0.39, 0.29) is 11.4 Å². The highest BCUT2D eigenvalue weighted by molar-refractivity contribution is 7.89. The third kappa shape index (κ3) is 5.61. The maximum atomic E-state index is 12.0. The van der Waals surface area contributed by atoms with Gasteiger partial charge < -0.3 is 10.1 Å². The van der Waals surface area contributed by atoms with Gasteiger partial charge >= 0.3 is 0 Å². The van der Waals surface area contributed by atoms with Gasteiger partial charge in [0.15, 0.2) is 0 Å². The van der Waals surface area contributed by atoms with Crippen molar-refractivity contribution in [3.05, 3.63) is 18.3 Å². The molecule has 0 aromatic carbocycles. The number of nitrogens with one attached hydrogen (secondary N) is 2. The Labute approximate surface area is 126 Å².